The number of benzene rings is 2. The van der Waals surface area contributed by atoms with Gasteiger partial charge in [0.05, 0.1) is 0 Å². The number of rotatable bonds is 8. The first-order valence-corrected chi connectivity index (χ1v) is 8.98. The Kier molecular flexibility index (Phi) is 6.44. The van der Waals surface area contributed by atoms with Gasteiger partial charge >= 0.3 is 0 Å². The number of ether oxygens (including phenoxy) is 1. The van der Waals surface area contributed by atoms with E-state index in [0.29, 0.717) is 12.0 Å². The van der Waals surface area contributed by atoms with E-state index in [2.05, 4.69) is 94.5 Å². The molecule has 0 aliphatic carbocycles. The van der Waals surface area contributed by atoms with Gasteiger partial charge < -0.3 is 10.1 Å². The van der Waals surface area contributed by atoms with Crippen LogP contribution in [0.1, 0.15) is 45.2 Å². The van der Waals surface area contributed by atoms with Gasteiger partial charge in [-0.15, -0.1) is 0 Å². The van der Waals surface area contributed by atoms with Gasteiger partial charge in [0.25, 0.3) is 0 Å². The van der Waals surface area contributed by atoms with Gasteiger partial charge in [-0.3, -0.25) is 0 Å². The van der Waals surface area contributed by atoms with E-state index in [4.69, 9.17) is 4.74 Å². The molecule has 0 saturated carbocycles. The maximum atomic E-state index is 6.65. The van der Waals surface area contributed by atoms with Crippen LogP contribution in [0.25, 0.3) is 0 Å². The van der Waals surface area contributed by atoms with Gasteiger partial charge in [0.15, 0.2) is 0 Å². The number of nitrogens with one attached hydrogen (secondary N) is 1. The molecule has 0 aliphatic rings. The Morgan fingerprint density at radius 3 is 2.08 bits per heavy atom. The van der Waals surface area contributed by atoms with Crippen molar-refractivity contribution in [1.29, 1.82) is 0 Å². The molecule has 2 heteroatoms. The van der Waals surface area contributed by atoms with Crippen molar-refractivity contribution >= 4 is 0 Å². The Balaban J connectivity index is 2.35. The van der Waals surface area contributed by atoms with Crippen molar-refractivity contribution in [2.45, 2.75) is 52.7 Å². The quantitative estimate of drug-likeness (QED) is 0.710. The highest BCUT2D eigenvalue weighted by Gasteiger charge is 2.37. The molecule has 0 saturated heterocycles. The first kappa shape index (κ1) is 18.5. The molecule has 0 aromatic heterocycles. The molecule has 0 fully saturated rings. The molecule has 0 aliphatic heterocycles. The molecule has 2 aromatic carbocycles. The Bertz CT molecular complexity index is 604. The molecule has 130 valence electrons. The monoisotopic (exact) mass is 325 g/mol. The summed E-state index contributed by atoms with van der Waals surface area (Å²) in [5, 5.41) is 3.54. The summed E-state index contributed by atoms with van der Waals surface area (Å²) in [5.41, 5.74) is 2.16. The van der Waals surface area contributed by atoms with Crippen LogP contribution in [0.3, 0.4) is 0 Å². The van der Waals surface area contributed by atoms with Crippen molar-refractivity contribution in [2.75, 3.05) is 6.54 Å². The van der Waals surface area contributed by atoms with Crippen molar-refractivity contribution < 1.29 is 4.74 Å². The highest BCUT2D eigenvalue weighted by Crippen LogP contribution is 2.38. The normalized spacial score (nSPS) is 14.0. The lowest BCUT2D eigenvalue weighted by Crippen LogP contribution is -2.42. The summed E-state index contributed by atoms with van der Waals surface area (Å²) in [4.78, 5) is 0. The van der Waals surface area contributed by atoms with Gasteiger partial charge in [-0.25, -0.2) is 0 Å². The van der Waals surface area contributed by atoms with Crippen LogP contribution in [-0.4, -0.2) is 12.6 Å². The molecular formula is C22H31NO. The zero-order valence-corrected chi connectivity index (χ0v) is 15.7. The molecule has 0 amide bonds. The second kappa shape index (κ2) is 8.34. The third kappa shape index (κ3) is 4.61. The Hall–Kier alpha value is -1.80. The van der Waals surface area contributed by atoms with Gasteiger partial charge in [-0.2, -0.15) is 0 Å². The molecule has 0 spiro atoms. The summed E-state index contributed by atoms with van der Waals surface area (Å²) < 4.78 is 6.65. The van der Waals surface area contributed by atoms with Crippen LogP contribution in [0.15, 0.2) is 54.6 Å². The van der Waals surface area contributed by atoms with E-state index in [1.54, 1.807) is 0 Å². The minimum Gasteiger partial charge on any atom is -0.482 e. The maximum Gasteiger partial charge on any atom is 0.137 e. The van der Waals surface area contributed by atoms with Crippen molar-refractivity contribution in [1.82, 2.24) is 5.32 Å². The van der Waals surface area contributed by atoms with Gasteiger partial charge in [0.1, 0.15) is 11.4 Å². The average Bonchev–Trinajstić information content (AvgIpc) is 2.56. The van der Waals surface area contributed by atoms with Crippen LogP contribution in [0, 0.1) is 12.8 Å². The van der Waals surface area contributed by atoms with Gasteiger partial charge in [0, 0.05) is 12.5 Å². The van der Waals surface area contributed by atoms with E-state index in [1.165, 1.54) is 11.1 Å². The van der Waals surface area contributed by atoms with Crippen molar-refractivity contribution in [3.05, 3.63) is 65.7 Å². The van der Waals surface area contributed by atoms with Gasteiger partial charge in [-0.1, -0.05) is 75.7 Å². The molecule has 2 aromatic rings. The zero-order chi connectivity index (χ0) is 17.6. The van der Waals surface area contributed by atoms with Crippen LogP contribution in [-0.2, 0) is 5.60 Å². The van der Waals surface area contributed by atoms with Crippen LogP contribution in [0.2, 0.25) is 0 Å². The first-order chi connectivity index (χ1) is 11.4. The fourth-order valence-corrected chi connectivity index (χ4v) is 3.08. The Labute approximate surface area is 147 Å². The van der Waals surface area contributed by atoms with Gasteiger partial charge in [0.2, 0.25) is 0 Å². The van der Waals surface area contributed by atoms with E-state index in [0.717, 1.165) is 18.7 Å². The molecule has 1 N–H and O–H groups in total. The molecular weight excluding hydrogens is 294 g/mol. The largest absolute Gasteiger partial charge is 0.482 e. The van der Waals surface area contributed by atoms with Crippen molar-refractivity contribution in [2.24, 2.45) is 5.92 Å². The molecule has 2 rings (SSSR count). The molecule has 0 radical (unpaired) electrons. The Morgan fingerprint density at radius 2 is 1.54 bits per heavy atom. The van der Waals surface area contributed by atoms with E-state index in [-0.39, 0.29) is 5.60 Å². The zero-order valence-electron chi connectivity index (χ0n) is 15.7. The summed E-state index contributed by atoms with van der Waals surface area (Å²) >= 11 is 0. The minimum absolute atomic E-state index is 0.335. The fraction of sp³-hybridized carbons (Fsp3) is 0.455. The van der Waals surface area contributed by atoms with E-state index in [1.807, 2.05) is 0 Å². The van der Waals surface area contributed by atoms with Crippen molar-refractivity contribution in [3.8, 4) is 5.75 Å². The number of aryl methyl sites for hydroxylation is 1. The SMILES string of the molecule is Cc1ccc(OC(CCNC(C)C)(c2ccccc2)C(C)C)cc1. The van der Waals surface area contributed by atoms with E-state index in [9.17, 15) is 0 Å². The topological polar surface area (TPSA) is 21.3 Å². The summed E-state index contributed by atoms with van der Waals surface area (Å²) in [6.45, 7) is 11.9. The summed E-state index contributed by atoms with van der Waals surface area (Å²) in [7, 11) is 0. The van der Waals surface area contributed by atoms with Crippen LogP contribution in [0.5, 0.6) is 5.75 Å². The Morgan fingerprint density at radius 1 is 0.917 bits per heavy atom. The standard InChI is InChI=1S/C22H31NO/c1-17(2)22(15-16-23-18(3)4,20-9-7-6-8-10-20)24-21-13-11-19(5)12-14-21/h6-14,17-18,23H,15-16H2,1-5H3. The van der Waals surface area contributed by atoms with Crippen LogP contribution >= 0.6 is 0 Å². The molecule has 24 heavy (non-hydrogen) atoms. The molecule has 1 unspecified atom stereocenters. The highest BCUT2D eigenvalue weighted by atomic mass is 16.5. The number of hydrogen-bond donors (Lipinski definition) is 1. The molecule has 1 atom stereocenters. The van der Waals surface area contributed by atoms with Crippen LogP contribution in [0.4, 0.5) is 0 Å². The third-order valence-electron chi connectivity index (χ3n) is 4.57. The first-order valence-electron chi connectivity index (χ1n) is 8.98. The third-order valence-corrected chi connectivity index (χ3v) is 4.57. The number of hydrogen-bond acceptors (Lipinski definition) is 2. The minimum atomic E-state index is -0.335. The second-order valence-corrected chi connectivity index (χ2v) is 7.18. The van der Waals surface area contributed by atoms with E-state index < -0.39 is 0 Å². The van der Waals surface area contributed by atoms with E-state index >= 15 is 0 Å². The second-order valence-electron chi connectivity index (χ2n) is 7.18. The smallest absolute Gasteiger partial charge is 0.137 e. The lowest BCUT2D eigenvalue weighted by Gasteiger charge is -2.39. The highest BCUT2D eigenvalue weighted by molar-refractivity contribution is 5.30. The predicted octanol–water partition coefficient (Wildman–Crippen LogP) is 5.31. The lowest BCUT2D eigenvalue weighted by atomic mass is 9.80. The van der Waals surface area contributed by atoms with Gasteiger partial charge in [-0.05, 0) is 37.1 Å². The van der Waals surface area contributed by atoms with Crippen LogP contribution < -0.4 is 10.1 Å². The average molecular weight is 325 g/mol. The molecule has 0 heterocycles. The predicted molar refractivity (Wildman–Crippen MR) is 103 cm³/mol. The molecule has 0 bridgehead atoms. The molecule has 2 nitrogen and oxygen atoms in total. The maximum absolute atomic E-state index is 6.65. The fourth-order valence-electron chi connectivity index (χ4n) is 3.08. The summed E-state index contributed by atoms with van der Waals surface area (Å²) in [6, 6.07) is 19.5. The summed E-state index contributed by atoms with van der Waals surface area (Å²) in [5.74, 6) is 1.29. The van der Waals surface area contributed by atoms with Crippen molar-refractivity contribution in [3.63, 3.8) is 0 Å². The lowest BCUT2D eigenvalue weighted by molar-refractivity contribution is 0.00881. The summed E-state index contributed by atoms with van der Waals surface area (Å²) in [6.07, 6.45) is 0.931.